The van der Waals surface area contributed by atoms with E-state index in [4.69, 9.17) is 21.1 Å². The maximum absolute atomic E-state index is 14.0. The van der Waals surface area contributed by atoms with Crippen molar-refractivity contribution >= 4 is 41.0 Å². The van der Waals surface area contributed by atoms with Crippen LogP contribution in [-0.2, 0) is 4.74 Å². The van der Waals surface area contributed by atoms with Gasteiger partial charge in [-0.05, 0) is 69.7 Å². The molecule has 0 aliphatic heterocycles. The predicted molar refractivity (Wildman–Crippen MR) is 142 cm³/mol. The second-order valence-corrected chi connectivity index (χ2v) is 9.67. The highest BCUT2D eigenvalue weighted by Crippen LogP contribution is 2.24. The first-order valence-corrected chi connectivity index (χ1v) is 12.2. The zero-order valence-electron chi connectivity index (χ0n) is 21.4. The van der Waals surface area contributed by atoms with Gasteiger partial charge in [0.2, 0.25) is 0 Å². The summed E-state index contributed by atoms with van der Waals surface area (Å²) in [6, 6.07) is 9.58. The standard InChI is InChI=1S/C27H27ClF2N4O5/c1-27(2,3)39-26(37)31-11-4-12-38-22-14-18(30)6-8-19(22)24(35)33-21-9-7-17(29)13-20(21)25(36)34-23-10-5-16(28)15-32-23/h5-10,13-15H,4,11-12H2,1-3H3,(H,31,37)(H,33,35)(H,32,34,36). The Hall–Kier alpha value is -4.25. The summed E-state index contributed by atoms with van der Waals surface area (Å²) in [7, 11) is 0. The Morgan fingerprint density at radius 1 is 0.923 bits per heavy atom. The molecule has 3 amide bonds. The third-order valence-corrected chi connectivity index (χ3v) is 5.10. The molecule has 206 valence electrons. The van der Waals surface area contributed by atoms with E-state index in [2.05, 4.69) is 20.9 Å². The normalized spacial score (nSPS) is 10.9. The van der Waals surface area contributed by atoms with Gasteiger partial charge in [-0.3, -0.25) is 9.59 Å². The minimum absolute atomic E-state index is 0.00435. The highest BCUT2D eigenvalue weighted by Gasteiger charge is 2.20. The second-order valence-electron chi connectivity index (χ2n) is 9.23. The van der Waals surface area contributed by atoms with E-state index in [0.717, 1.165) is 24.3 Å². The molecular weight excluding hydrogens is 534 g/mol. The van der Waals surface area contributed by atoms with E-state index in [1.54, 1.807) is 20.8 Å². The molecule has 2 aromatic carbocycles. The number of benzene rings is 2. The van der Waals surface area contributed by atoms with E-state index in [0.29, 0.717) is 11.4 Å². The Bertz CT molecular complexity index is 1350. The fourth-order valence-electron chi connectivity index (χ4n) is 3.20. The Balaban J connectivity index is 1.68. The molecule has 0 aliphatic carbocycles. The number of hydrogen-bond donors (Lipinski definition) is 3. The molecule has 0 unspecified atom stereocenters. The molecule has 0 atom stereocenters. The first-order chi connectivity index (χ1) is 18.4. The van der Waals surface area contributed by atoms with Crippen LogP contribution in [0.5, 0.6) is 5.75 Å². The van der Waals surface area contributed by atoms with Gasteiger partial charge in [0, 0.05) is 18.8 Å². The summed E-state index contributed by atoms with van der Waals surface area (Å²) in [5.74, 6) is -2.67. The summed E-state index contributed by atoms with van der Waals surface area (Å²) in [5, 5.41) is 7.99. The lowest BCUT2D eigenvalue weighted by molar-refractivity contribution is 0.0525. The topological polar surface area (TPSA) is 119 Å². The van der Waals surface area contributed by atoms with Gasteiger partial charge >= 0.3 is 6.09 Å². The molecule has 0 saturated carbocycles. The van der Waals surface area contributed by atoms with Crippen LogP contribution in [0, 0.1) is 11.6 Å². The lowest BCUT2D eigenvalue weighted by Gasteiger charge is -2.19. The fourth-order valence-corrected chi connectivity index (χ4v) is 3.31. The average molecular weight is 561 g/mol. The SMILES string of the molecule is CC(C)(C)OC(=O)NCCCOc1cc(F)ccc1C(=O)Nc1ccc(F)cc1C(=O)Nc1ccc(Cl)cn1. The van der Waals surface area contributed by atoms with E-state index < -0.39 is 35.1 Å². The molecule has 3 rings (SSSR count). The number of nitrogens with one attached hydrogen (secondary N) is 3. The van der Waals surface area contributed by atoms with E-state index in [-0.39, 0.29) is 41.5 Å². The Kier molecular flexibility index (Phi) is 9.78. The molecule has 0 aliphatic rings. The maximum Gasteiger partial charge on any atom is 0.407 e. The van der Waals surface area contributed by atoms with Crippen molar-refractivity contribution in [3.63, 3.8) is 0 Å². The minimum atomic E-state index is -0.729. The Morgan fingerprint density at radius 2 is 1.62 bits per heavy atom. The highest BCUT2D eigenvalue weighted by atomic mass is 35.5. The molecule has 0 bridgehead atoms. The molecule has 3 N–H and O–H groups in total. The predicted octanol–water partition coefficient (Wildman–Crippen LogP) is 5.81. The molecular formula is C27H27ClF2N4O5. The number of carbonyl (C=O) groups is 3. The third kappa shape index (κ3) is 9.22. The lowest BCUT2D eigenvalue weighted by Crippen LogP contribution is -2.33. The van der Waals surface area contributed by atoms with E-state index >= 15 is 0 Å². The quantitative estimate of drug-likeness (QED) is 0.284. The smallest absolute Gasteiger partial charge is 0.407 e. The third-order valence-electron chi connectivity index (χ3n) is 4.88. The van der Waals surface area contributed by atoms with Crippen molar-refractivity contribution < 1.29 is 32.6 Å². The van der Waals surface area contributed by atoms with Gasteiger partial charge in [0.25, 0.3) is 11.8 Å². The second kappa shape index (κ2) is 13.0. The zero-order chi connectivity index (χ0) is 28.6. The van der Waals surface area contributed by atoms with Gasteiger partial charge in [-0.15, -0.1) is 0 Å². The average Bonchev–Trinajstić information content (AvgIpc) is 2.85. The number of carbonyl (C=O) groups excluding carboxylic acids is 3. The monoisotopic (exact) mass is 560 g/mol. The summed E-state index contributed by atoms with van der Waals surface area (Å²) in [6.45, 7) is 5.50. The van der Waals surface area contributed by atoms with Gasteiger partial charge in [-0.25, -0.2) is 18.6 Å². The van der Waals surface area contributed by atoms with Crippen LogP contribution >= 0.6 is 11.6 Å². The molecule has 9 nitrogen and oxygen atoms in total. The number of ether oxygens (including phenoxy) is 2. The van der Waals surface area contributed by atoms with Gasteiger partial charge in [0.05, 0.1) is 28.4 Å². The minimum Gasteiger partial charge on any atom is -0.493 e. The Labute approximate surface area is 228 Å². The van der Waals surface area contributed by atoms with Crippen molar-refractivity contribution in [3.8, 4) is 5.75 Å². The van der Waals surface area contributed by atoms with Crippen LogP contribution in [0.25, 0.3) is 0 Å². The molecule has 0 spiro atoms. The summed E-state index contributed by atoms with van der Waals surface area (Å²) in [6.07, 6.45) is 1.09. The van der Waals surface area contributed by atoms with Crippen molar-refractivity contribution in [1.82, 2.24) is 10.3 Å². The number of rotatable bonds is 9. The number of halogens is 3. The van der Waals surface area contributed by atoms with Crippen LogP contribution < -0.4 is 20.7 Å². The van der Waals surface area contributed by atoms with Crippen molar-refractivity contribution in [1.29, 1.82) is 0 Å². The molecule has 39 heavy (non-hydrogen) atoms. The van der Waals surface area contributed by atoms with Crippen molar-refractivity contribution in [2.45, 2.75) is 32.8 Å². The van der Waals surface area contributed by atoms with Crippen LogP contribution in [0.1, 0.15) is 47.9 Å². The molecule has 0 saturated heterocycles. The highest BCUT2D eigenvalue weighted by molar-refractivity contribution is 6.30. The van der Waals surface area contributed by atoms with Crippen LogP contribution in [0.3, 0.4) is 0 Å². The number of aromatic nitrogens is 1. The maximum atomic E-state index is 14.0. The van der Waals surface area contributed by atoms with Gasteiger partial charge in [0.15, 0.2) is 0 Å². The number of pyridine rings is 1. The molecule has 0 fully saturated rings. The number of nitrogens with zero attached hydrogens (tertiary/aromatic N) is 1. The molecule has 1 heterocycles. The first-order valence-electron chi connectivity index (χ1n) is 11.8. The van der Waals surface area contributed by atoms with E-state index in [1.807, 2.05) is 0 Å². The number of amides is 3. The van der Waals surface area contributed by atoms with Crippen LogP contribution in [0.4, 0.5) is 25.1 Å². The molecule has 0 radical (unpaired) electrons. The van der Waals surface area contributed by atoms with Crippen molar-refractivity contribution in [2.24, 2.45) is 0 Å². The first kappa shape index (κ1) is 29.3. The van der Waals surface area contributed by atoms with Gasteiger partial charge < -0.3 is 25.4 Å². The lowest BCUT2D eigenvalue weighted by atomic mass is 10.1. The van der Waals surface area contributed by atoms with Crippen LogP contribution in [-0.4, -0.2) is 41.6 Å². The fraction of sp³-hybridized carbons (Fsp3) is 0.259. The van der Waals surface area contributed by atoms with Gasteiger partial charge in [-0.2, -0.15) is 0 Å². The summed E-state index contributed by atoms with van der Waals surface area (Å²) in [4.78, 5) is 41.6. The van der Waals surface area contributed by atoms with Crippen LogP contribution in [0.15, 0.2) is 54.7 Å². The van der Waals surface area contributed by atoms with Crippen molar-refractivity contribution in [2.75, 3.05) is 23.8 Å². The molecule has 1 aromatic heterocycles. The number of hydrogen-bond acceptors (Lipinski definition) is 6. The summed E-state index contributed by atoms with van der Waals surface area (Å²) < 4.78 is 38.6. The number of alkyl carbamates (subject to hydrolysis) is 1. The zero-order valence-corrected chi connectivity index (χ0v) is 22.2. The van der Waals surface area contributed by atoms with Crippen LogP contribution in [0.2, 0.25) is 5.02 Å². The summed E-state index contributed by atoms with van der Waals surface area (Å²) in [5.41, 5.74) is -0.823. The van der Waals surface area contributed by atoms with E-state index in [1.165, 1.54) is 30.5 Å². The van der Waals surface area contributed by atoms with Gasteiger partial charge in [-0.1, -0.05) is 11.6 Å². The molecule has 12 heteroatoms. The molecule has 3 aromatic rings. The largest absolute Gasteiger partial charge is 0.493 e. The van der Waals surface area contributed by atoms with E-state index in [9.17, 15) is 23.2 Å². The summed E-state index contributed by atoms with van der Waals surface area (Å²) >= 11 is 5.80. The Morgan fingerprint density at radius 3 is 2.31 bits per heavy atom. The van der Waals surface area contributed by atoms with Gasteiger partial charge in [0.1, 0.15) is 28.8 Å². The van der Waals surface area contributed by atoms with Crippen molar-refractivity contribution in [3.05, 3.63) is 82.5 Å². The number of anilines is 2.